The molecule has 1 aromatic carbocycles. The SMILES string of the molecule is CC(=O)c1ccccc1OCCSc1nnnn1C1CC1. The van der Waals surface area contributed by atoms with Crippen LogP contribution in [0.5, 0.6) is 5.75 Å². The van der Waals surface area contributed by atoms with Gasteiger partial charge in [0.25, 0.3) is 0 Å². The van der Waals surface area contributed by atoms with Gasteiger partial charge in [0.1, 0.15) is 5.75 Å². The number of hydrogen-bond donors (Lipinski definition) is 0. The predicted octanol–water partition coefficient (Wildman–Crippen LogP) is 2.38. The number of ether oxygens (including phenoxy) is 1. The van der Waals surface area contributed by atoms with Crippen molar-refractivity contribution in [2.45, 2.75) is 31.0 Å². The Bertz CT molecular complexity index is 639. The number of carbonyl (C=O) groups is 1. The second-order valence-electron chi connectivity index (χ2n) is 4.89. The molecule has 1 aliphatic rings. The highest BCUT2D eigenvalue weighted by atomic mass is 32.2. The van der Waals surface area contributed by atoms with Crippen LogP contribution in [0.25, 0.3) is 0 Å². The molecule has 7 heteroatoms. The topological polar surface area (TPSA) is 69.9 Å². The van der Waals surface area contributed by atoms with Gasteiger partial charge in [0.05, 0.1) is 18.2 Å². The molecule has 0 spiro atoms. The highest BCUT2D eigenvalue weighted by molar-refractivity contribution is 7.99. The van der Waals surface area contributed by atoms with E-state index >= 15 is 0 Å². The van der Waals surface area contributed by atoms with Gasteiger partial charge in [-0.25, -0.2) is 4.68 Å². The number of nitrogens with zero attached hydrogens (tertiary/aromatic N) is 4. The molecule has 1 aromatic heterocycles. The number of para-hydroxylation sites is 1. The molecule has 1 saturated carbocycles. The summed E-state index contributed by atoms with van der Waals surface area (Å²) in [6, 6.07) is 7.76. The minimum absolute atomic E-state index is 0.0101. The molecule has 0 atom stereocenters. The summed E-state index contributed by atoms with van der Waals surface area (Å²) in [5, 5.41) is 12.6. The molecule has 0 N–H and O–H groups in total. The van der Waals surface area contributed by atoms with Crippen LogP contribution in [0.4, 0.5) is 0 Å². The van der Waals surface area contributed by atoms with Crippen molar-refractivity contribution in [3.63, 3.8) is 0 Å². The van der Waals surface area contributed by atoms with Gasteiger partial charge in [0.15, 0.2) is 5.78 Å². The van der Waals surface area contributed by atoms with Crippen LogP contribution in [-0.4, -0.2) is 38.4 Å². The lowest BCUT2D eigenvalue weighted by molar-refractivity contribution is 0.101. The molecular formula is C14H16N4O2S. The highest BCUT2D eigenvalue weighted by Crippen LogP contribution is 2.36. The number of hydrogen-bond acceptors (Lipinski definition) is 6. The molecular weight excluding hydrogens is 288 g/mol. The van der Waals surface area contributed by atoms with Crippen molar-refractivity contribution < 1.29 is 9.53 Å². The Morgan fingerprint density at radius 1 is 1.43 bits per heavy atom. The molecule has 0 amide bonds. The number of rotatable bonds is 7. The summed E-state index contributed by atoms with van der Waals surface area (Å²) in [4.78, 5) is 11.5. The molecule has 1 heterocycles. The smallest absolute Gasteiger partial charge is 0.209 e. The van der Waals surface area contributed by atoms with Crippen molar-refractivity contribution in [1.29, 1.82) is 0 Å². The fourth-order valence-electron chi connectivity index (χ4n) is 2.00. The first kappa shape index (κ1) is 14.1. The minimum atomic E-state index is 0.0101. The van der Waals surface area contributed by atoms with Crippen molar-refractivity contribution in [3.8, 4) is 5.75 Å². The molecule has 110 valence electrons. The summed E-state index contributed by atoms with van der Waals surface area (Å²) in [7, 11) is 0. The Morgan fingerprint density at radius 2 is 2.24 bits per heavy atom. The first-order chi connectivity index (χ1) is 10.3. The van der Waals surface area contributed by atoms with Gasteiger partial charge in [-0.15, -0.1) is 5.10 Å². The zero-order chi connectivity index (χ0) is 14.7. The number of benzene rings is 1. The van der Waals surface area contributed by atoms with Gasteiger partial charge in [0, 0.05) is 5.75 Å². The summed E-state index contributed by atoms with van der Waals surface area (Å²) in [6.45, 7) is 2.05. The second-order valence-corrected chi connectivity index (χ2v) is 5.95. The number of aromatic nitrogens is 4. The van der Waals surface area contributed by atoms with Gasteiger partial charge in [-0.2, -0.15) is 0 Å². The van der Waals surface area contributed by atoms with Crippen LogP contribution in [0.15, 0.2) is 29.4 Å². The van der Waals surface area contributed by atoms with Crippen LogP contribution in [-0.2, 0) is 0 Å². The Balaban J connectivity index is 1.52. The average Bonchev–Trinajstić information content (AvgIpc) is 3.23. The maximum absolute atomic E-state index is 11.5. The third-order valence-electron chi connectivity index (χ3n) is 3.19. The van der Waals surface area contributed by atoms with E-state index in [9.17, 15) is 4.79 Å². The zero-order valence-electron chi connectivity index (χ0n) is 11.7. The van der Waals surface area contributed by atoms with Gasteiger partial charge in [-0.05, 0) is 42.3 Å². The minimum Gasteiger partial charge on any atom is -0.492 e. The third kappa shape index (κ3) is 3.41. The molecule has 0 unspecified atom stereocenters. The number of Topliss-reactive ketones (excluding diaryl/α,β-unsaturated/α-hetero) is 1. The van der Waals surface area contributed by atoms with Gasteiger partial charge < -0.3 is 4.74 Å². The van der Waals surface area contributed by atoms with Crippen LogP contribution >= 0.6 is 11.8 Å². The van der Waals surface area contributed by atoms with Crippen molar-refractivity contribution >= 4 is 17.5 Å². The number of thioether (sulfide) groups is 1. The predicted molar refractivity (Wildman–Crippen MR) is 78.8 cm³/mol. The van der Waals surface area contributed by atoms with Gasteiger partial charge in [-0.1, -0.05) is 23.9 Å². The van der Waals surface area contributed by atoms with Crippen molar-refractivity contribution in [2.75, 3.05) is 12.4 Å². The molecule has 2 aromatic rings. The van der Waals surface area contributed by atoms with E-state index in [1.54, 1.807) is 24.8 Å². The van der Waals surface area contributed by atoms with Crippen molar-refractivity contribution in [1.82, 2.24) is 20.2 Å². The second kappa shape index (κ2) is 6.26. The average molecular weight is 304 g/mol. The molecule has 3 rings (SSSR count). The number of carbonyl (C=O) groups excluding carboxylic acids is 1. The fourth-order valence-corrected chi connectivity index (χ4v) is 2.76. The number of ketones is 1. The normalized spacial score (nSPS) is 14.1. The quantitative estimate of drug-likeness (QED) is 0.444. The molecule has 0 radical (unpaired) electrons. The molecule has 1 fully saturated rings. The fraction of sp³-hybridized carbons (Fsp3) is 0.429. The summed E-state index contributed by atoms with van der Waals surface area (Å²) in [5.74, 6) is 1.38. The summed E-state index contributed by atoms with van der Waals surface area (Å²) < 4.78 is 7.58. The standard InChI is InChI=1S/C14H16N4O2S/c1-10(19)12-4-2-3-5-13(12)20-8-9-21-14-15-16-17-18(14)11-6-7-11/h2-5,11H,6-9H2,1H3. The van der Waals surface area contributed by atoms with Crippen molar-refractivity contribution in [2.24, 2.45) is 0 Å². The largest absolute Gasteiger partial charge is 0.492 e. The van der Waals surface area contributed by atoms with Crippen LogP contribution < -0.4 is 4.74 Å². The maximum atomic E-state index is 11.5. The van der Waals surface area contributed by atoms with E-state index in [1.165, 1.54) is 0 Å². The Hall–Kier alpha value is -1.89. The van der Waals surface area contributed by atoms with Gasteiger partial charge >= 0.3 is 0 Å². The van der Waals surface area contributed by atoms with Gasteiger partial charge in [-0.3, -0.25) is 4.79 Å². The van der Waals surface area contributed by atoms with E-state index in [0.717, 1.165) is 23.8 Å². The van der Waals surface area contributed by atoms with E-state index < -0.39 is 0 Å². The zero-order valence-corrected chi connectivity index (χ0v) is 12.5. The summed E-state index contributed by atoms with van der Waals surface area (Å²) in [6.07, 6.45) is 2.31. The van der Waals surface area contributed by atoms with Gasteiger partial charge in [0.2, 0.25) is 5.16 Å². The van der Waals surface area contributed by atoms with E-state index in [0.29, 0.717) is 24.0 Å². The van der Waals surface area contributed by atoms with Crippen LogP contribution in [0.1, 0.15) is 36.2 Å². The van der Waals surface area contributed by atoms with Crippen molar-refractivity contribution in [3.05, 3.63) is 29.8 Å². The van der Waals surface area contributed by atoms with Crippen LogP contribution in [0, 0.1) is 0 Å². The highest BCUT2D eigenvalue weighted by Gasteiger charge is 2.27. The van der Waals surface area contributed by atoms with E-state index in [-0.39, 0.29) is 5.78 Å². The first-order valence-corrected chi connectivity index (χ1v) is 7.87. The molecule has 1 aliphatic carbocycles. The third-order valence-corrected chi connectivity index (χ3v) is 4.09. The van der Waals surface area contributed by atoms with Crippen LogP contribution in [0.2, 0.25) is 0 Å². The molecule has 0 aliphatic heterocycles. The Kier molecular flexibility index (Phi) is 4.19. The molecule has 0 saturated heterocycles. The van der Waals surface area contributed by atoms with E-state index in [1.807, 2.05) is 22.9 Å². The summed E-state index contributed by atoms with van der Waals surface area (Å²) in [5.41, 5.74) is 0.616. The number of tetrazole rings is 1. The first-order valence-electron chi connectivity index (χ1n) is 6.89. The monoisotopic (exact) mass is 304 g/mol. The lowest BCUT2D eigenvalue weighted by Gasteiger charge is -2.09. The lowest BCUT2D eigenvalue weighted by atomic mass is 10.1. The summed E-state index contributed by atoms with van der Waals surface area (Å²) >= 11 is 1.57. The van der Waals surface area contributed by atoms with Crippen LogP contribution in [0.3, 0.4) is 0 Å². The Morgan fingerprint density at radius 3 is 3.00 bits per heavy atom. The van der Waals surface area contributed by atoms with E-state index in [2.05, 4.69) is 15.5 Å². The molecule has 0 bridgehead atoms. The Labute approximate surface area is 126 Å². The maximum Gasteiger partial charge on any atom is 0.209 e. The molecule has 6 nitrogen and oxygen atoms in total. The molecule has 21 heavy (non-hydrogen) atoms. The van der Waals surface area contributed by atoms with E-state index in [4.69, 9.17) is 4.74 Å². The lowest BCUT2D eigenvalue weighted by Crippen LogP contribution is -2.06.